The van der Waals surface area contributed by atoms with Gasteiger partial charge in [-0.25, -0.2) is 4.98 Å². The number of imidazole rings is 1. The fourth-order valence-electron chi connectivity index (χ4n) is 8.04. The van der Waals surface area contributed by atoms with Gasteiger partial charge in [0.1, 0.15) is 11.6 Å². The highest BCUT2D eigenvalue weighted by molar-refractivity contribution is 5.97. The molecule has 0 atom stereocenters. The van der Waals surface area contributed by atoms with E-state index in [-0.39, 0.29) is 39.8 Å². The maximum absolute atomic E-state index is 12.3. The summed E-state index contributed by atoms with van der Waals surface area (Å²) < 4.78 is 128. The Hall–Kier alpha value is -6.26. The van der Waals surface area contributed by atoms with E-state index in [0.717, 1.165) is 16.7 Å². The maximum atomic E-state index is 12.3. The van der Waals surface area contributed by atoms with Gasteiger partial charge < -0.3 is 5.11 Å². The molecule has 0 aliphatic heterocycles. The number of hydrogen-bond acceptors (Lipinski definition) is 3. The topological polar surface area (TPSA) is 50.9 Å². The number of para-hydroxylation sites is 1. The zero-order chi connectivity index (χ0) is 56.7. The van der Waals surface area contributed by atoms with E-state index in [2.05, 4.69) is 40.7 Å². The summed E-state index contributed by atoms with van der Waals surface area (Å²) in [5.74, 6) is 0.247. The first-order valence-corrected chi connectivity index (χ1v) is 20.9. The number of nitrogens with zero attached hydrogens (tertiary/aromatic N) is 3. The largest absolute Gasteiger partial charge is 0.507 e. The van der Waals surface area contributed by atoms with Crippen LogP contribution in [-0.2, 0) is 10.8 Å². The molecule has 0 spiro atoms. The molecule has 0 aliphatic rings. The van der Waals surface area contributed by atoms with Crippen LogP contribution in [0.15, 0.2) is 134 Å². The molecule has 0 fully saturated rings. The van der Waals surface area contributed by atoms with Gasteiger partial charge in [-0.2, -0.15) is 0 Å². The molecule has 0 amide bonds. The summed E-state index contributed by atoms with van der Waals surface area (Å²) >= 11 is 0. The molecule has 2 heterocycles. The lowest BCUT2D eigenvalue weighted by molar-refractivity contribution is 0.466. The molecule has 0 unspecified atom stereocenters. The van der Waals surface area contributed by atoms with E-state index < -0.39 is 45.1 Å². The molecule has 4 heteroatoms. The average Bonchev–Trinajstić information content (AvgIpc) is 3.82. The lowest BCUT2D eigenvalue weighted by atomic mass is 9.83. The summed E-state index contributed by atoms with van der Waals surface area (Å²) in [6.45, 7) is -1.56. The number of hydrogen-bond donors (Lipinski definition) is 1. The van der Waals surface area contributed by atoms with E-state index in [9.17, 15) is 5.11 Å². The van der Waals surface area contributed by atoms with Crippen molar-refractivity contribution < 1.29 is 25.7 Å². The average molecular weight is 831 g/mol. The van der Waals surface area contributed by atoms with Gasteiger partial charge in [0.25, 0.3) is 0 Å². The number of phenolic OH excluding ortho intramolecular Hbond substituents is 1. The van der Waals surface area contributed by atoms with Crippen molar-refractivity contribution in [1.29, 1.82) is 0 Å². The van der Waals surface area contributed by atoms with Gasteiger partial charge >= 0.3 is 0 Å². The van der Waals surface area contributed by atoms with E-state index in [1.54, 1.807) is 53.2 Å². The molecule has 6 aromatic carbocycles. The fourth-order valence-corrected chi connectivity index (χ4v) is 8.04. The molecule has 62 heavy (non-hydrogen) atoms. The minimum atomic E-state index is -3.41. The predicted molar refractivity (Wildman–Crippen MR) is 263 cm³/mol. The molecule has 0 radical (unpaired) electrons. The Kier molecular flexibility index (Phi) is 7.23. The highest BCUT2D eigenvalue weighted by Gasteiger charge is 2.25. The van der Waals surface area contributed by atoms with Gasteiger partial charge in [-0.15, -0.1) is 0 Å². The summed E-state index contributed by atoms with van der Waals surface area (Å²) in [6.07, 6.45) is 1.62. The summed E-state index contributed by atoms with van der Waals surface area (Å²) in [5, 5.41) is 12.3. The number of fused-ring (bicyclic) bond motifs is 1. The van der Waals surface area contributed by atoms with Gasteiger partial charge in [0.2, 0.25) is 0 Å². The van der Waals surface area contributed by atoms with Crippen molar-refractivity contribution in [1.82, 2.24) is 14.5 Å². The molecule has 8 rings (SSSR count). The van der Waals surface area contributed by atoms with Crippen LogP contribution in [0.5, 0.6) is 5.75 Å². The Morgan fingerprint density at radius 1 is 0.597 bits per heavy atom. The number of aryl methyl sites for hydroxylation is 1. The quantitative estimate of drug-likeness (QED) is 0.166. The van der Waals surface area contributed by atoms with Crippen LogP contribution in [0.1, 0.15) is 135 Å². The minimum Gasteiger partial charge on any atom is -0.507 e. The summed E-state index contributed by atoms with van der Waals surface area (Å²) in [7, 11) is 0. The van der Waals surface area contributed by atoms with Crippen molar-refractivity contribution in [3.63, 3.8) is 0 Å². The lowest BCUT2D eigenvalue weighted by Crippen LogP contribution is -2.11. The Balaban J connectivity index is 1.39. The number of aromatic nitrogens is 3. The van der Waals surface area contributed by atoms with Crippen LogP contribution in [0, 0.1) is 13.7 Å². The number of pyridine rings is 1. The fraction of sp³-hybridized carbons (Fsp3) is 0.276. The van der Waals surface area contributed by atoms with Crippen molar-refractivity contribution in [2.75, 3.05) is 0 Å². The van der Waals surface area contributed by atoms with E-state index in [1.165, 1.54) is 30.3 Å². The maximum Gasteiger partial charge on any atom is 0.149 e. The second-order valence-electron chi connectivity index (χ2n) is 17.8. The standard InChI is InChI=1S/C58H61N3O/c1-35(2)42-31-49(36(3)4)55(62)51(32-42)56-60-54-48(19-16-20-53(54)61(56)47-27-37(5)38(6)50(34-47)40-17-14-13-15-18-40)43-28-44(30-46(29-43)58(10,11)12)52-33-41(25-26-59-52)39-21-23-45(24-22-39)57(7,8)9/h13-36,62H,1-12H3/i5D3,6D3,7D3,8D3,9D3. The molecule has 0 bridgehead atoms. The Morgan fingerprint density at radius 2 is 1.35 bits per heavy atom. The van der Waals surface area contributed by atoms with Crippen LogP contribution in [0.2, 0.25) is 0 Å². The van der Waals surface area contributed by atoms with Crippen LogP contribution in [-0.4, -0.2) is 19.6 Å². The molecule has 0 saturated carbocycles. The van der Waals surface area contributed by atoms with Crippen LogP contribution in [0.25, 0.3) is 72.7 Å². The third kappa shape index (κ3) is 8.11. The molecule has 314 valence electrons. The van der Waals surface area contributed by atoms with Gasteiger partial charge in [-0.3, -0.25) is 9.55 Å². The first-order chi connectivity index (χ1) is 35.6. The van der Waals surface area contributed by atoms with Gasteiger partial charge in [0.05, 0.1) is 22.3 Å². The van der Waals surface area contributed by atoms with E-state index in [1.807, 2.05) is 62.4 Å². The monoisotopic (exact) mass is 831 g/mol. The first-order valence-electron chi connectivity index (χ1n) is 28.4. The minimum absolute atomic E-state index is 0.00436. The van der Waals surface area contributed by atoms with Gasteiger partial charge in [0, 0.05) is 43.6 Å². The van der Waals surface area contributed by atoms with Crippen LogP contribution >= 0.6 is 0 Å². The third-order valence-electron chi connectivity index (χ3n) is 11.7. The zero-order valence-corrected chi connectivity index (χ0v) is 36.1. The molecule has 4 nitrogen and oxygen atoms in total. The van der Waals surface area contributed by atoms with Gasteiger partial charge in [-0.1, -0.05) is 148 Å². The van der Waals surface area contributed by atoms with E-state index in [0.29, 0.717) is 67.2 Å². The van der Waals surface area contributed by atoms with Crippen molar-refractivity contribution >= 4 is 11.0 Å². The van der Waals surface area contributed by atoms with Crippen molar-refractivity contribution in [2.45, 2.75) is 105 Å². The van der Waals surface area contributed by atoms with Crippen LogP contribution in [0.3, 0.4) is 0 Å². The molecule has 1 N–H and O–H groups in total. The second-order valence-corrected chi connectivity index (χ2v) is 17.8. The SMILES string of the molecule is [2H]C([2H])([2H])c1cc(-n2c(-c3cc(C(C)C)cc(C(C)C)c3O)nc3c(-c4cc(-c5cc(-c6ccc(C(C([2H])([2H])[2H])(C([2H])([2H])[2H])C([2H])([2H])[2H])cc6)ccn5)cc(C(C)(C)C)c4)cccc32)cc(-c2ccccc2)c1C([2H])([2H])[2H]. The van der Waals surface area contributed by atoms with Crippen molar-refractivity contribution in [2.24, 2.45) is 0 Å². The molecule has 8 aromatic rings. The second kappa shape index (κ2) is 16.2. The van der Waals surface area contributed by atoms with Gasteiger partial charge in [-0.05, 0) is 146 Å². The van der Waals surface area contributed by atoms with Crippen LogP contribution < -0.4 is 0 Å². The normalized spacial score (nSPS) is 16.8. The summed E-state index contributed by atoms with van der Waals surface area (Å²) in [4.78, 5) is 10.2. The number of rotatable bonds is 8. The van der Waals surface area contributed by atoms with Crippen molar-refractivity contribution in [3.8, 4) is 67.5 Å². The highest BCUT2D eigenvalue weighted by atomic mass is 16.3. The molecular weight excluding hydrogens is 755 g/mol. The molecule has 2 aromatic heterocycles. The molecule has 0 aliphatic carbocycles. The molecule has 0 saturated heterocycles. The first kappa shape index (κ1) is 27.6. The number of aromatic hydroxyl groups is 1. The van der Waals surface area contributed by atoms with E-state index in [4.69, 9.17) is 30.5 Å². The number of benzene rings is 6. The third-order valence-corrected chi connectivity index (χ3v) is 11.7. The van der Waals surface area contributed by atoms with Crippen molar-refractivity contribution in [3.05, 3.63) is 167 Å². The summed E-state index contributed by atoms with van der Waals surface area (Å²) in [5.41, 5.74) is 4.39. The molecular formula is C58H61N3O. The zero-order valence-electron chi connectivity index (χ0n) is 51.1. The van der Waals surface area contributed by atoms with E-state index >= 15 is 0 Å². The Morgan fingerprint density at radius 3 is 2.03 bits per heavy atom. The van der Waals surface area contributed by atoms with Gasteiger partial charge in [0.15, 0.2) is 0 Å². The summed E-state index contributed by atoms with van der Waals surface area (Å²) in [6, 6.07) is 36.7. The predicted octanol–water partition coefficient (Wildman–Crippen LogP) is 15.9. The number of phenols is 1. The van der Waals surface area contributed by atoms with Crippen LogP contribution in [0.4, 0.5) is 0 Å². The smallest absolute Gasteiger partial charge is 0.149 e. The Bertz CT molecular complexity index is 3470. The lowest BCUT2D eigenvalue weighted by Gasteiger charge is -2.22. The Labute approximate surface area is 390 Å². The highest BCUT2D eigenvalue weighted by Crippen LogP contribution is 2.44.